The summed E-state index contributed by atoms with van der Waals surface area (Å²) >= 11 is 3.42. The van der Waals surface area contributed by atoms with Gasteiger partial charge in [-0.1, -0.05) is 41.3 Å². The van der Waals surface area contributed by atoms with Crippen molar-refractivity contribution in [2.75, 3.05) is 0 Å². The minimum atomic E-state index is -0.732. The van der Waals surface area contributed by atoms with Gasteiger partial charge in [0.1, 0.15) is 11.6 Å². The number of halogens is 1. The summed E-state index contributed by atoms with van der Waals surface area (Å²) in [5.74, 6) is -1.42. The van der Waals surface area contributed by atoms with Gasteiger partial charge in [0, 0.05) is 22.1 Å². The summed E-state index contributed by atoms with van der Waals surface area (Å²) in [5, 5.41) is 11.6. The number of benzene rings is 1. The largest absolute Gasteiger partial charge is 0.503 e. The van der Waals surface area contributed by atoms with E-state index in [0.717, 1.165) is 42.0 Å². The molecule has 2 aliphatic rings. The van der Waals surface area contributed by atoms with Gasteiger partial charge in [0.05, 0.1) is 11.3 Å². The Bertz CT molecular complexity index is 1190. The highest BCUT2D eigenvalue weighted by molar-refractivity contribution is 9.10. The molecule has 1 fully saturated rings. The molecule has 1 aliphatic heterocycles. The third-order valence-corrected chi connectivity index (χ3v) is 6.62. The van der Waals surface area contributed by atoms with E-state index in [2.05, 4.69) is 20.9 Å². The number of amides is 1. The van der Waals surface area contributed by atoms with Crippen LogP contribution < -0.4 is 0 Å². The SMILES string of the molecule is O=C(C1=C(O)C(=O)N(C2CCCCC2)C1c1ccccn1)c1cc2cc(Br)ccc2o1. The first-order chi connectivity index (χ1) is 15.0. The Hall–Kier alpha value is -2.93. The van der Waals surface area contributed by atoms with Gasteiger partial charge in [-0.05, 0) is 49.2 Å². The van der Waals surface area contributed by atoms with E-state index in [9.17, 15) is 14.7 Å². The van der Waals surface area contributed by atoms with Crippen molar-refractivity contribution >= 4 is 38.6 Å². The van der Waals surface area contributed by atoms with Gasteiger partial charge in [-0.15, -0.1) is 0 Å². The number of hydrogen-bond donors (Lipinski definition) is 1. The highest BCUT2D eigenvalue weighted by Gasteiger charge is 2.47. The fourth-order valence-corrected chi connectivity index (χ4v) is 5.06. The van der Waals surface area contributed by atoms with Crippen molar-refractivity contribution in [3.8, 4) is 0 Å². The molecular formula is C24H21BrN2O4. The first-order valence-electron chi connectivity index (χ1n) is 10.4. The minimum Gasteiger partial charge on any atom is -0.503 e. The van der Waals surface area contributed by atoms with Crippen molar-refractivity contribution in [3.63, 3.8) is 0 Å². The molecule has 7 heteroatoms. The zero-order valence-electron chi connectivity index (χ0n) is 16.8. The zero-order valence-corrected chi connectivity index (χ0v) is 18.3. The van der Waals surface area contributed by atoms with E-state index in [4.69, 9.17) is 4.42 Å². The van der Waals surface area contributed by atoms with E-state index in [1.54, 1.807) is 35.4 Å². The number of hydrogen-bond acceptors (Lipinski definition) is 5. The first-order valence-corrected chi connectivity index (χ1v) is 11.2. The number of rotatable bonds is 4. The molecule has 1 saturated carbocycles. The Morgan fingerprint density at radius 2 is 1.94 bits per heavy atom. The van der Waals surface area contributed by atoms with Gasteiger partial charge in [0.25, 0.3) is 5.91 Å². The molecule has 3 aromatic rings. The van der Waals surface area contributed by atoms with Crippen LogP contribution in [0.3, 0.4) is 0 Å². The predicted octanol–water partition coefficient (Wildman–Crippen LogP) is 5.50. The van der Waals surface area contributed by atoms with Crippen LogP contribution in [0.2, 0.25) is 0 Å². The van der Waals surface area contributed by atoms with E-state index in [1.165, 1.54) is 0 Å². The molecule has 0 bridgehead atoms. The third-order valence-electron chi connectivity index (χ3n) is 6.13. The van der Waals surface area contributed by atoms with Crippen LogP contribution in [-0.2, 0) is 4.79 Å². The Morgan fingerprint density at radius 1 is 1.13 bits per heavy atom. The smallest absolute Gasteiger partial charge is 0.290 e. The quantitative estimate of drug-likeness (QED) is 0.498. The van der Waals surface area contributed by atoms with Crippen LogP contribution in [0.25, 0.3) is 11.0 Å². The summed E-state index contributed by atoms with van der Waals surface area (Å²) in [5.41, 5.74) is 1.16. The summed E-state index contributed by atoms with van der Waals surface area (Å²) < 4.78 is 6.65. The lowest BCUT2D eigenvalue weighted by atomic mass is 9.91. The number of aliphatic hydroxyl groups is 1. The van der Waals surface area contributed by atoms with Crippen molar-refractivity contribution in [2.45, 2.75) is 44.2 Å². The molecule has 31 heavy (non-hydrogen) atoms. The highest BCUT2D eigenvalue weighted by Crippen LogP contribution is 2.42. The summed E-state index contributed by atoms with van der Waals surface area (Å²) in [4.78, 5) is 32.8. The van der Waals surface area contributed by atoms with Gasteiger partial charge < -0.3 is 14.4 Å². The first kappa shape index (κ1) is 20.0. The zero-order chi connectivity index (χ0) is 21.5. The second-order valence-electron chi connectivity index (χ2n) is 8.05. The molecule has 158 valence electrons. The van der Waals surface area contributed by atoms with E-state index >= 15 is 0 Å². The number of nitrogens with zero attached hydrogens (tertiary/aromatic N) is 2. The number of ketones is 1. The molecular weight excluding hydrogens is 460 g/mol. The number of aromatic nitrogens is 1. The lowest BCUT2D eigenvalue weighted by molar-refractivity contribution is -0.132. The maximum atomic E-state index is 13.5. The molecule has 2 aromatic heterocycles. The summed E-state index contributed by atoms with van der Waals surface area (Å²) in [7, 11) is 0. The molecule has 1 aromatic carbocycles. The van der Waals surface area contributed by atoms with Gasteiger partial charge in [0.2, 0.25) is 5.78 Å². The minimum absolute atomic E-state index is 0.0346. The van der Waals surface area contributed by atoms with Crippen LogP contribution in [0.15, 0.2) is 68.9 Å². The number of aliphatic hydroxyl groups excluding tert-OH is 1. The van der Waals surface area contributed by atoms with Gasteiger partial charge in [-0.25, -0.2) is 0 Å². The predicted molar refractivity (Wildman–Crippen MR) is 119 cm³/mol. The highest BCUT2D eigenvalue weighted by atomic mass is 79.9. The summed E-state index contributed by atoms with van der Waals surface area (Å²) in [6, 6.07) is 11.7. The Labute approximate surface area is 187 Å². The van der Waals surface area contributed by atoms with Crippen molar-refractivity contribution < 1.29 is 19.1 Å². The van der Waals surface area contributed by atoms with E-state index in [1.807, 2.05) is 18.2 Å². The van der Waals surface area contributed by atoms with Gasteiger partial charge >= 0.3 is 0 Å². The Balaban J connectivity index is 1.60. The van der Waals surface area contributed by atoms with Gasteiger partial charge in [0.15, 0.2) is 11.5 Å². The molecule has 1 amide bonds. The maximum Gasteiger partial charge on any atom is 0.290 e. The monoisotopic (exact) mass is 480 g/mol. The van der Waals surface area contributed by atoms with Crippen LogP contribution in [0.1, 0.15) is 54.4 Å². The van der Waals surface area contributed by atoms with Crippen molar-refractivity contribution in [1.82, 2.24) is 9.88 Å². The van der Waals surface area contributed by atoms with Gasteiger partial charge in [-0.2, -0.15) is 0 Å². The van der Waals surface area contributed by atoms with Gasteiger partial charge in [-0.3, -0.25) is 14.6 Å². The summed E-state index contributed by atoms with van der Waals surface area (Å²) in [6.45, 7) is 0. The van der Waals surface area contributed by atoms with Crippen LogP contribution in [0.4, 0.5) is 0 Å². The number of carbonyl (C=O) groups is 2. The number of furan rings is 1. The average Bonchev–Trinajstić information content (AvgIpc) is 3.33. The second kappa shape index (κ2) is 7.96. The van der Waals surface area contributed by atoms with Crippen LogP contribution in [-0.4, -0.2) is 32.7 Å². The molecule has 1 aliphatic carbocycles. The second-order valence-corrected chi connectivity index (χ2v) is 8.96. The molecule has 0 saturated heterocycles. The molecule has 3 heterocycles. The van der Waals surface area contributed by atoms with Crippen LogP contribution in [0, 0.1) is 0 Å². The van der Waals surface area contributed by atoms with E-state index in [-0.39, 0.29) is 17.4 Å². The fourth-order valence-electron chi connectivity index (χ4n) is 4.68. The molecule has 1 unspecified atom stereocenters. The van der Waals surface area contributed by atoms with Crippen molar-refractivity contribution in [1.29, 1.82) is 0 Å². The summed E-state index contributed by atoms with van der Waals surface area (Å²) in [6.07, 6.45) is 6.50. The molecule has 1 N–H and O–H groups in total. The average molecular weight is 481 g/mol. The third kappa shape index (κ3) is 3.47. The standard InChI is InChI=1S/C24H21BrN2O4/c25-15-9-10-18-14(12-15)13-19(31-18)22(28)20-21(17-8-4-5-11-26-17)27(24(30)23(20)29)16-6-2-1-3-7-16/h4-5,8-13,16,21,29H,1-3,6-7H2. The van der Waals surface area contributed by atoms with E-state index < -0.39 is 23.5 Å². The molecule has 0 spiro atoms. The number of pyridine rings is 1. The van der Waals surface area contributed by atoms with Crippen molar-refractivity contribution in [3.05, 3.63) is 75.9 Å². The normalized spacial score (nSPS) is 20.1. The Morgan fingerprint density at radius 3 is 2.68 bits per heavy atom. The molecule has 6 nitrogen and oxygen atoms in total. The molecule has 5 rings (SSSR count). The van der Waals surface area contributed by atoms with E-state index in [0.29, 0.717) is 11.3 Å². The lowest BCUT2D eigenvalue weighted by Gasteiger charge is -2.36. The number of Topliss-reactive ketones (excluding diaryl/α,β-unsaturated/α-hetero) is 1. The Kier molecular flexibility index (Phi) is 5.14. The molecule has 0 radical (unpaired) electrons. The van der Waals surface area contributed by atoms with Crippen molar-refractivity contribution in [2.24, 2.45) is 0 Å². The van der Waals surface area contributed by atoms with Crippen LogP contribution >= 0.6 is 15.9 Å². The fraction of sp³-hybridized carbons (Fsp3) is 0.292. The maximum absolute atomic E-state index is 13.5. The molecule has 1 atom stereocenters. The number of carbonyl (C=O) groups excluding carboxylic acids is 2. The number of fused-ring (bicyclic) bond motifs is 1. The van der Waals surface area contributed by atoms with Crippen LogP contribution in [0.5, 0.6) is 0 Å². The topological polar surface area (TPSA) is 83.6 Å². The lowest BCUT2D eigenvalue weighted by Crippen LogP contribution is -2.41.